The van der Waals surface area contributed by atoms with Gasteiger partial charge < -0.3 is 10.6 Å². The molecule has 0 aliphatic heterocycles. The lowest BCUT2D eigenvalue weighted by Crippen LogP contribution is -2.91. The van der Waals surface area contributed by atoms with Gasteiger partial charge in [-0.05, 0) is 50.2 Å². The highest BCUT2D eigenvalue weighted by molar-refractivity contribution is 6.30. The second-order valence-electron chi connectivity index (χ2n) is 5.32. The van der Waals surface area contributed by atoms with Crippen LogP contribution in [0.15, 0.2) is 48.5 Å². The van der Waals surface area contributed by atoms with Crippen LogP contribution in [0.5, 0.6) is 0 Å². The minimum atomic E-state index is -0.327. The summed E-state index contributed by atoms with van der Waals surface area (Å²) >= 11 is 5.98. The number of hydrogen-bond donors (Lipinski definition) is 2. The van der Waals surface area contributed by atoms with Gasteiger partial charge in [-0.25, -0.2) is 4.39 Å². The molecule has 0 radical (unpaired) electrons. The molecule has 22 heavy (non-hydrogen) atoms. The summed E-state index contributed by atoms with van der Waals surface area (Å²) in [6.45, 7) is 3.85. The van der Waals surface area contributed by atoms with Crippen molar-refractivity contribution in [2.75, 3.05) is 5.32 Å². The number of nitrogens with two attached hydrogens (primary N) is 1. The van der Waals surface area contributed by atoms with Crippen LogP contribution in [0.3, 0.4) is 0 Å². The molecule has 0 saturated heterocycles. The van der Waals surface area contributed by atoms with Gasteiger partial charge >= 0.3 is 0 Å². The van der Waals surface area contributed by atoms with Crippen molar-refractivity contribution in [2.24, 2.45) is 0 Å². The van der Waals surface area contributed by atoms with E-state index >= 15 is 0 Å². The number of carbonyl (C=O) groups excluding carboxylic acids is 1. The smallest absolute Gasteiger partial charge is 0.282 e. The molecule has 0 heterocycles. The summed E-state index contributed by atoms with van der Waals surface area (Å²) in [5.74, 6) is -0.451. The lowest BCUT2D eigenvalue weighted by atomic mass is 10.1. The maximum Gasteiger partial charge on any atom is 0.282 e. The zero-order chi connectivity index (χ0) is 16.1. The van der Waals surface area contributed by atoms with E-state index in [0.717, 1.165) is 5.56 Å². The SMILES string of the molecule is C[C@H]([NH2+][C@@H](C)c1cccc(Cl)c1)C(=O)Nc1ccc(F)cc1. The Balaban J connectivity index is 1.94. The van der Waals surface area contributed by atoms with Crippen LogP contribution in [0.4, 0.5) is 10.1 Å². The molecule has 0 aromatic heterocycles. The number of carbonyl (C=O) groups is 1. The van der Waals surface area contributed by atoms with Crippen LogP contribution in [-0.2, 0) is 4.79 Å². The molecule has 2 rings (SSSR count). The summed E-state index contributed by atoms with van der Waals surface area (Å²) in [4.78, 5) is 12.2. The largest absolute Gasteiger partial charge is 0.330 e. The number of halogens is 2. The minimum absolute atomic E-state index is 0.104. The van der Waals surface area contributed by atoms with Gasteiger partial charge in [0.05, 0.1) is 0 Å². The quantitative estimate of drug-likeness (QED) is 0.873. The summed E-state index contributed by atoms with van der Waals surface area (Å²) in [6, 6.07) is 13.1. The highest BCUT2D eigenvalue weighted by atomic mass is 35.5. The average Bonchev–Trinajstić information content (AvgIpc) is 2.49. The van der Waals surface area contributed by atoms with Crippen molar-refractivity contribution in [1.82, 2.24) is 0 Å². The molecular weight excluding hydrogens is 303 g/mol. The van der Waals surface area contributed by atoms with Crippen LogP contribution in [0.2, 0.25) is 5.02 Å². The highest BCUT2D eigenvalue weighted by Crippen LogP contribution is 2.15. The van der Waals surface area contributed by atoms with Crippen molar-refractivity contribution in [3.05, 3.63) is 64.9 Å². The number of anilines is 1. The topological polar surface area (TPSA) is 45.7 Å². The van der Waals surface area contributed by atoms with Gasteiger partial charge in [0.15, 0.2) is 6.04 Å². The van der Waals surface area contributed by atoms with Crippen molar-refractivity contribution in [2.45, 2.75) is 25.9 Å². The van der Waals surface area contributed by atoms with Gasteiger partial charge in [-0.1, -0.05) is 23.7 Å². The monoisotopic (exact) mass is 321 g/mol. The first-order valence-electron chi connectivity index (χ1n) is 7.12. The van der Waals surface area contributed by atoms with Gasteiger partial charge in [0.25, 0.3) is 5.91 Å². The molecule has 1 amide bonds. The third-order valence-corrected chi connectivity index (χ3v) is 3.71. The lowest BCUT2D eigenvalue weighted by Gasteiger charge is -2.17. The second-order valence-corrected chi connectivity index (χ2v) is 5.76. The number of hydrogen-bond acceptors (Lipinski definition) is 1. The summed E-state index contributed by atoms with van der Waals surface area (Å²) in [7, 11) is 0. The van der Waals surface area contributed by atoms with Crippen LogP contribution in [0, 0.1) is 5.82 Å². The van der Waals surface area contributed by atoms with E-state index in [2.05, 4.69) is 5.32 Å². The van der Waals surface area contributed by atoms with Crippen LogP contribution in [-0.4, -0.2) is 11.9 Å². The van der Waals surface area contributed by atoms with E-state index in [1.165, 1.54) is 12.1 Å². The fraction of sp³-hybridized carbons (Fsp3) is 0.235. The van der Waals surface area contributed by atoms with E-state index in [9.17, 15) is 9.18 Å². The first-order valence-corrected chi connectivity index (χ1v) is 7.50. The number of quaternary nitrogens is 1. The predicted octanol–water partition coefficient (Wildman–Crippen LogP) is 3.13. The van der Waals surface area contributed by atoms with Crippen LogP contribution in [0.1, 0.15) is 25.5 Å². The summed E-state index contributed by atoms with van der Waals surface area (Å²) in [6.07, 6.45) is 0. The Kier molecular flexibility index (Phi) is 5.52. The normalized spacial score (nSPS) is 13.5. The molecule has 0 fully saturated rings. The van der Waals surface area contributed by atoms with Gasteiger partial charge in [0.1, 0.15) is 11.9 Å². The van der Waals surface area contributed by atoms with Crippen molar-refractivity contribution in [1.29, 1.82) is 0 Å². The van der Waals surface area contributed by atoms with Crippen molar-refractivity contribution < 1.29 is 14.5 Å². The third-order valence-electron chi connectivity index (χ3n) is 3.48. The van der Waals surface area contributed by atoms with E-state index in [-0.39, 0.29) is 23.8 Å². The average molecular weight is 322 g/mol. The maximum absolute atomic E-state index is 12.8. The number of amides is 1. The van der Waals surface area contributed by atoms with Gasteiger partial charge in [-0.3, -0.25) is 4.79 Å². The Labute approximate surface area is 134 Å². The Hall–Kier alpha value is -1.91. The van der Waals surface area contributed by atoms with Crippen molar-refractivity contribution >= 4 is 23.2 Å². The molecule has 0 aliphatic carbocycles. The Morgan fingerprint density at radius 3 is 2.50 bits per heavy atom. The maximum atomic E-state index is 12.8. The van der Waals surface area contributed by atoms with Gasteiger partial charge in [-0.15, -0.1) is 0 Å². The molecule has 0 unspecified atom stereocenters. The van der Waals surface area contributed by atoms with E-state index in [1.807, 2.05) is 43.4 Å². The molecule has 0 spiro atoms. The molecule has 2 aromatic carbocycles. The van der Waals surface area contributed by atoms with Gasteiger partial charge in [0.2, 0.25) is 0 Å². The first kappa shape index (κ1) is 16.5. The molecule has 0 bridgehead atoms. The Bertz CT molecular complexity index is 645. The molecule has 2 atom stereocenters. The zero-order valence-corrected chi connectivity index (χ0v) is 13.3. The summed E-state index contributed by atoms with van der Waals surface area (Å²) in [5, 5.41) is 5.42. The van der Waals surface area contributed by atoms with E-state index in [0.29, 0.717) is 10.7 Å². The first-order chi connectivity index (χ1) is 10.5. The Morgan fingerprint density at radius 2 is 1.86 bits per heavy atom. The third kappa shape index (κ3) is 4.55. The number of benzene rings is 2. The predicted molar refractivity (Wildman–Crippen MR) is 86.3 cm³/mol. The van der Waals surface area contributed by atoms with Crippen LogP contribution < -0.4 is 10.6 Å². The zero-order valence-electron chi connectivity index (χ0n) is 12.5. The van der Waals surface area contributed by atoms with Crippen molar-refractivity contribution in [3.63, 3.8) is 0 Å². The Morgan fingerprint density at radius 1 is 1.18 bits per heavy atom. The molecule has 0 aliphatic rings. The summed E-state index contributed by atoms with van der Waals surface area (Å²) < 4.78 is 12.8. The minimum Gasteiger partial charge on any atom is -0.330 e. The lowest BCUT2D eigenvalue weighted by molar-refractivity contribution is -0.709. The standard InChI is InChI=1S/C17H18ClFN2O/c1-11(13-4-3-5-14(18)10-13)20-12(2)17(22)21-16-8-6-15(19)7-9-16/h3-12,20H,1-2H3,(H,21,22)/p+1/t11-,12-/m0/s1. The second kappa shape index (κ2) is 7.38. The number of nitrogens with one attached hydrogen (secondary N) is 1. The molecule has 116 valence electrons. The van der Waals surface area contributed by atoms with Crippen LogP contribution >= 0.6 is 11.6 Å². The van der Waals surface area contributed by atoms with Gasteiger partial charge in [-0.2, -0.15) is 0 Å². The molecule has 3 nitrogen and oxygen atoms in total. The summed E-state index contributed by atoms with van der Waals surface area (Å²) in [5.41, 5.74) is 1.65. The molecule has 2 aromatic rings. The molecule has 5 heteroatoms. The van der Waals surface area contributed by atoms with E-state index < -0.39 is 0 Å². The van der Waals surface area contributed by atoms with Crippen molar-refractivity contribution in [3.8, 4) is 0 Å². The van der Waals surface area contributed by atoms with Gasteiger partial charge in [0, 0.05) is 16.3 Å². The highest BCUT2D eigenvalue weighted by Gasteiger charge is 2.20. The fourth-order valence-corrected chi connectivity index (χ4v) is 2.41. The molecular formula is C17H19ClFN2O+. The fourth-order valence-electron chi connectivity index (χ4n) is 2.21. The number of rotatable bonds is 5. The van der Waals surface area contributed by atoms with E-state index in [1.54, 1.807) is 12.1 Å². The molecule has 3 N–H and O–H groups in total. The van der Waals surface area contributed by atoms with Crippen LogP contribution in [0.25, 0.3) is 0 Å². The molecule has 0 saturated carbocycles. The van der Waals surface area contributed by atoms with E-state index in [4.69, 9.17) is 11.6 Å².